The summed E-state index contributed by atoms with van der Waals surface area (Å²) in [6.45, 7) is 0. The molecule has 21 heavy (non-hydrogen) atoms. The molecule has 1 aromatic heterocycles. The smallest absolute Gasteiger partial charge is 0.134 e. The van der Waals surface area contributed by atoms with Crippen LogP contribution in [-0.2, 0) is 0 Å². The lowest BCUT2D eigenvalue weighted by molar-refractivity contribution is 0.415. The van der Waals surface area contributed by atoms with Gasteiger partial charge in [-0.05, 0) is 36.4 Å². The van der Waals surface area contributed by atoms with Gasteiger partial charge >= 0.3 is 0 Å². The van der Waals surface area contributed by atoms with Crippen molar-refractivity contribution < 1.29 is 4.74 Å². The third-order valence-corrected chi connectivity index (χ3v) is 4.75. The predicted molar refractivity (Wildman–Crippen MR) is 88.4 cm³/mol. The minimum atomic E-state index is 0.176. The van der Waals surface area contributed by atoms with E-state index in [2.05, 4.69) is 16.4 Å². The van der Waals surface area contributed by atoms with Gasteiger partial charge in [0.05, 0.1) is 12.5 Å². The van der Waals surface area contributed by atoms with Crippen molar-refractivity contribution in [3.8, 4) is 5.75 Å². The fraction of sp³-hybridized carbons (Fsp3) is 0.471. The van der Waals surface area contributed by atoms with Crippen LogP contribution in [0.2, 0.25) is 0 Å². The van der Waals surface area contributed by atoms with Crippen LogP contribution < -0.4 is 10.1 Å². The zero-order chi connectivity index (χ0) is 14.7. The van der Waals surface area contributed by atoms with Crippen molar-refractivity contribution in [1.29, 1.82) is 0 Å². The largest absolute Gasteiger partial charge is 0.497 e. The summed E-state index contributed by atoms with van der Waals surface area (Å²) in [6, 6.07) is 8.38. The number of halogens is 1. The molecule has 1 aliphatic rings. The highest BCUT2D eigenvalue weighted by atomic mass is 35.5. The van der Waals surface area contributed by atoms with Gasteiger partial charge in [-0.2, -0.15) is 0 Å². The molecule has 3 nitrogen and oxygen atoms in total. The molecule has 1 heterocycles. The number of nitrogens with one attached hydrogen (secondary N) is 1. The van der Waals surface area contributed by atoms with Crippen LogP contribution in [0.5, 0.6) is 5.75 Å². The molecule has 0 spiro atoms. The topological polar surface area (TPSA) is 34.1 Å². The van der Waals surface area contributed by atoms with E-state index in [0.29, 0.717) is 6.04 Å². The Morgan fingerprint density at radius 2 is 2.05 bits per heavy atom. The number of hydrogen-bond acceptors (Lipinski definition) is 3. The molecule has 0 aliphatic heterocycles. The van der Waals surface area contributed by atoms with E-state index in [1.54, 1.807) is 7.11 Å². The van der Waals surface area contributed by atoms with E-state index < -0.39 is 0 Å². The number of pyridine rings is 1. The molecule has 2 atom stereocenters. The normalized spacial score (nSPS) is 22.8. The van der Waals surface area contributed by atoms with Crippen LogP contribution in [0.15, 0.2) is 30.5 Å². The SMILES string of the molecule is COc1ccc2ccnc(NC3CCCCCC3Cl)c2c1. The van der Waals surface area contributed by atoms with E-state index in [0.717, 1.165) is 35.2 Å². The predicted octanol–water partition coefficient (Wildman–Crippen LogP) is 4.60. The summed E-state index contributed by atoms with van der Waals surface area (Å²) in [7, 11) is 1.69. The summed E-state index contributed by atoms with van der Waals surface area (Å²) >= 11 is 6.53. The van der Waals surface area contributed by atoms with Crippen molar-refractivity contribution >= 4 is 28.2 Å². The van der Waals surface area contributed by atoms with Gasteiger partial charge < -0.3 is 10.1 Å². The second kappa shape index (κ2) is 6.52. The molecule has 112 valence electrons. The first-order valence-electron chi connectivity index (χ1n) is 7.61. The van der Waals surface area contributed by atoms with E-state index in [-0.39, 0.29) is 5.38 Å². The van der Waals surface area contributed by atoms with Gasteiger partial charge in [-0.1, -0.05) is 25.3 Å². The number of fused-ring (bicyclic) bond motifs is 1. The molecular formula is C17H21ClN2O. The van der Waals surface area contributed by atoms with Crippen molar-refractivity contribution in [3.05, 3.63) is 30.5 Å². The highest BCUT2D eigenvalue weighted by Crippen LogP contribution is 2.29. The summed E-state index contributed by atoms with van der Waals surface area (Å²) in [5.41, 5.74) is 0. The Morgan fingerprint density at radius 3 is 2.90 bits per heavy atom. The van der Waals surface area contributed by atoms with Gasteiger partial charge in [0, 0.05) is 17.6 Å². The van der Waals surface area contributed by atoms with E-state index in [1.807, 2.05) is 24.4 Å². The third kappa shape index (κ3) is 3.24. The van der Waals surface area contributed by atoms with Gasteiger partial charge in [-0.25, -0.2) is 4.98 Å². The molecule has 1 aliphatic carbocycles. The summed E-state index contributed by atoms with van der Waals surface area (Å²) in [5, 5.41) is 5.99. The number of anilines is 1. The maximum atomic E-state index is 6.53. The first kappa shape index (κ1) is 14.5. The molecule has 1 saturated carbocycles. The van der Waals surface area contributed by atoms with Gasteiger partial charge in [0.2, 0.25) is 0 Å². The Hall–Kier alpha value is -1.48. The van der Waals surface area contributed by atoms with Crippen molar-refractivity contribution in [2.75, 3.05) is 12.4 Å². The summed E-state index contributed by atoms with van der Waals surface area (Å²) < 4.78 is 5.33. The highest BCUT2D eigenvalue weighted by Gasteiger charge is 2.22. The fourth-order valence-electron chi connectivity index (χ4n) is 2.99. The average Bonchev–Trinajstić information content (AvgIpc) is 2.72. The zero-order valence-corrected chi connectivity index (χ0v) is 13.1. The molecule has 1 fully saturated rings. The number of nitrogens with zero attached hydrogens (tertiary/aromatic N) is 1. The summed E-state index contributed by atoms with van der Waals surface area (Å²) in [5.74, 6) is 1.76. The van der Waals surface area contributed by atoms with Crippen molar-refractivity contribution in [2.45, 2.75) is 43.5 Å². The Balaban J connectivity index is 1.92. The Morgan fingerprint density at radius 1 is 1.19 bits per heavy atom. The molecule has 0 amide bonds. The minimum absolute atomic E-state index is 0.176. The lowest BCUT2D eigenvalue weighted by Gasteiger charge is -2.22. The maximum absolute atomic E-state index is 6.53. The molecule has 1 aromatic carbocycles. The molecule has 0 saturated heterocycles. The van der Waals surface area contributed by atoms with Crippen LogP contribution in [0.1, 0.15) is 32.1 Å². The summed E-state index contributed by atoms with van der Waals surface area (Å²) in [6.07, 6.45) is 7.76. The Labute approximate surface area is 130 Å². The number of rotatable bonds is 3. The van der Waals surface area contributed by atoms with E-state index in [1.165, 1.54) is 19.3 Å². The molecule has 0 bridgehead atoms. The first-order chi connectivity index (χ1) is 10.3. The van der Waals surface area contributed by atoms with Crippen molar-refractivity contribution in [3.63, 3.8) is 0 Å². The highest BCUT2D eigenvalue weighted by molar-refractivity contribution is 6.21. The Bertz CT molecular complexity index is 617. The lowest BCUT2D eigenvalue weighted by atomic mass is 10.1. The molecule has 1 N–H and O–H groups in total. The number of aromatic nitrogens is 1. The van der Waals surface area contributed by atoms with Gasteiger partial charge in [-0.3, -0.25) is 0 Å². The Kier molecular flexibility index (Phi) is 4.49. The average molecular weight is 305 g/mol. The molecule has 2 aromatic rings. The fourth-order valence-corrected chi connectivity index (χ4v) is 3.33. The lowest BCUT2D eigenvalue weighted by Crippen LogP contribution is -2.29. The number of hydrogen-bond donors (Lipinski definition) is 1. The van der Waals surface area contributed by atoms with Crippen LogP contribution in [0, 0.1) is 0 Å². The molecule has 3 rings (SSSR count). The van der Waals surface area contributed by atoms with Crippen LogP contribution in [-0.4, -0.2) is 23.5 Å². The van der Waals surface area contributed by atoms with E-state index >= 15 is 0 Å². The van der Waals surface area contributed by atoms with E-state index in [4.69, 9.17) is 16.3 Å². The van der Waals surface area contributed by atoms with Crippen LogP contribution in [0.4, 0.5) is 5.82 Å². The standard InChI is InChI=1S/C17H21ClN2O/c1-21-13-8-7-12-9-10-19-17(14(12)11-13)20-16-6-4-2-3-5-15(16)18/h7-11,15-16H,2-6H2,1H3,(H,19,20). The molecule has 0 radical (unpaired) electrons. The number of benzene rings is 1. The van der Waals surface area contributed by atoms with Gasteiger partial charge in [0.15, 0.2) is 0 Å². The first-order valence-corrected chi connectivity index (χ1v) is 8.05. The maximum Gasteiger partial charge on any atom is 0.134 e. The van der Waals surface area contributed by atoms with Gasteiger partial charge in [-0.15, -0.1) is 11.6 Å². The zero-order valence-electron chi connectivity index (χ0n) is 12.3. The van der Waals surface area contributed by atoms with Crippen LogP contribution in [0.25, 0.3) is 10.8 Å². The van der Waals surface area contributed by atoms with Crippen LogP contribution in [0.3, 0.4) is 0 Å². The molecular weight excluding hydrogens is 284 g/mol. The van der Waals surface area contributed by atoms with Crippen molar-refractivity contribution in [1.82, 2.24) is 4.98 Å². The van der Waals surface area contributed by atoms with Gasteiger partial charge in [0.25, 0.3) is 0 Å². The number of methoxy groups -OCH3 is 1. The number of ether oxygens (including phenoxy) is 1. The van der Waals surface area contributed by atoms with E-state index in [9.17, 15) is 0 Å². The molecule has 2 unspecified atom stereocenters. The monoisotopic (exact) mass is 304 g/mol. The third-order valence-electron chi connectivity index (χ3n) is 4.23. The minimum Gasteiger partial charge on any atom is -0.497 e. The summed E-state index contributed by atoms with van der Waals surface area (Å²) in [4.78, 5) is 4.52. The quantitative estimate of drug-likeness (QED) is 0.665. The van der Waals surface area contributed by atoms with Crippen molar-refractivity contribution in [2.24, 2.45) is 0 Å². The molecule has 4 heteroatoms. The van der Waals surface area contributed by atoms with Crippen LogP contribution >= 0.6 is 11.6 Å². The van der Waals surface area contributed by atoms with Gasteiger partial charge in [0.1, 0.15) is 11.6 Å². The number of alkyl halides is 1. The second-order valence-electron chi connectivity index (χ2n) is 5.65. The second-order valence-corrected chi connectivity index (χ2v) is 6.21.